The number of carboxylic acids is 1. The summed E-state index contributed by atoms with van der Waals surface area (Å²) >= 11 is 0. The van der Waals surface area contributed by atoms with Crippen molar-refractivity contribution in [1.82, 2.24) is 5.32 Å². The number of carbonyl (C=O) groups excluding carboxylic acids is 2. The molecule has 0 aromatic carbocycles. The molecule has 4 N–H and O–H groups in total. The lowest BCUT2D eigenvalue weighted by molar-refractivity contribution is -0.147. The van der Waals surface area contributed by atoms with Gasteiger partial charge in [-0.3, -0.25) is 18.6 Å². The van der Waals surface area contributed by atoms with Crippen LogP contribution in [0.15, 0.2) is 0 Å². The molecule has 0 aliphatic carbocycles. The molecular weight excluding hydrogens is 697 g/mol. The van der Waals surface area contributed by atoms with Gasteiger partial charge in [-0.2, -0.15) is 0 Å². The quantitative estimate of drug-likeness (QED) is 0.0266. The molecule has 314 valence electrons. The fourth-order valence-electron chi connectivity index (χ4n) is 6.26. The molecule has 3 unspecified atom stereocenters. The van der Waals surface area contributed by atoms with Crippen molar-refractivity contribution in [3.05, 3.63) is 0 Å². The first-order chi connectivity index (χ1) is 25.6. The summed E-state index contributed by atoms with van der Waals surface area (Å²) in [4.78, 5) is 45.8. The summed E-state index contributed by atoms with van der Waals surface area (Å²) < 4.78 is 26.8. The standard InChI is InChI=1S/C41H80NO10P/c1-3-5-7-9-11-13-15-17-18-19-20-21-22-24-26-28-30-32-39(44)42-38(41(46)47)36-52-53(48,49)51-35-37(43)34-50-40(45)33-31-29-27-25-23-16-14-12-10-8-6-4-2/h37-38,43H,3-36H2,1-2H3,(H,42,44)(H,46,47)(H,48,49). The van der Waals surface area contributed by atoms with E-state index in [0.717, 1.165) is 38.5 Å². The fourth-order valence-corrected chi connectivity index (χ4v) is 7.03. The Labute approximate surface area is 323 Å². The average Bonchev–Trinajstić information content (AvgIpc) is 3.13. The monoisotopic (exact) mass is 778 g/mol. The van der Waals surface area contributed by atoms with Crippen LogP contribution in [0.5, 0.6) is 0 Å². The SMILES string of the molecule is CCCCCCCCCCCCCCCCCCCC(=O)NC(COP(=O)(O)OCC(O)COC(=O)CCCCCCCCCCCCCC)C(=O)O. The number of amides is 1. The van der Waals surface area contributed by atoms with Crippen molar-refractivity contribution in [2.75, 3.05) is 19.8 Å². The van der Waals surface area contributed by atoms with E-state index in [1.165, 1.54) is 135 Å². The summed E-state index contributed by atoms with van der Waals surface area (Å²) in [5.74, 6) is -2.35. The highest BCUT2D eigenvalue weighted by Crippen LogP contribution is 2.43. The fraction of sp³-hybridized carbons (Fsp3) is 0.927. The number of carbonyl (C=O) groups is 3. The van der Waals surface area contributed by atoms with Crippen LogP contribution in [0.3, 0.4) is 0 Å². The zero-order valence-corrected chi connectivity index (χ0v) is 34.7. The number of phosphoric acid groups is 1. The van der Waals surface area contributed by atoms with Crippen molar-refractivity contribution in [2.24, 2.45) is 0 Å². The molecule has 1 amide bonds. The minimum absolute atomic E-state index is 0.153. The molecule has 12 heteroatoms. The Morgan fingerprint density at radius 2 is 0.868 bits per heavy atom. The number of ether oxygens (including phenoxy) is 1. The van der Waals surface area contributed by atoms with E-state index in [4.69, 9.17) is 13.8 Å². The van der Waals surface area contributed by atoms with Gasteiger partial charge in [0.1, 0.15) is 12.7 Å². The topological polar surface area (TPSA) is 169 Å². The van der Waals surface area contributed by atoms with Crippen LogP contribution >= 0.6 is 7.82 Å². The van der Waals surface area contributed by atoms with Crippen LogP contribution in [0.2, 0.25) is 0 Å². The molecule has 0 aromatic heterocycles. The Hall–Kier alpha value is -1.52. The van der Waals surface area contributed by atoms with Crippen LogP contribution in [0.4, 0.5) is 0 Å². The third-order valence-electron chi connectivity index (χ3n) is 9.65. The number of aliphatic carboxylic acids is 1. The highest BCUT2D eigenvalue weighted by atomic mass is 31.2. The highest BCUT2D eigenvalue weighted by Gasteiger charge is 2.28. The molecule has 53 heavy (non-hydrogen) atoms. The summed E-state index contributed by atoms with van der Waals surface area (Å²) in [5.41, 5.74) is 0. The summed E-state index contributed by atoms with van der Waals surface area (Å²) in [6.45, 7) is 2.61. The van der Waals surface area contributed by atoms with Crippen molar-refractivity contribution in [3.8, 4) is 0 Å². The van der Waals surface area contributed by atoms with E-state index in [2.05, 4.69) is 19.2 Å². The van der Waals surface area contributed by atoms with Gasteiger partial charge in [-0.05, 0) is 12.8 Å². The predicted octanol–water partition coefficient (Wildman–Crippen LogP) is 10.7. The maximum atomic E-state index is 12.3. The lowest BCUT2D eigenvalue weighted by Gasteiger charge is -2.18. The number of hydrogen-bond acceptors (Lipinski definition) is 8. The largest absolute Gasteiger partial charge is 0.480 e. The summed E-state index contributed by atoms with van der Waals surface area (Å²) in [6, 6.07) is -1.54. The minimum atomic E-state index is -4.74. The van der Waals surface area contributed by atoms with Gasteiger partial charge in [0.15, 0.2) is 6.04 Å². The molecule has 0 fully saturated rings. The molecule has 0 heterocycles. The Balaban J connectivity index is 3.88. The summed E-state index contributed by atoms with van der Waals surface area (Å²) in [7, 11) is -4.74. The van der Waals surface area contributed by atoms with Gasteiger partial charge in [-0.15, -0.1) is 0 Å². The second kappa shape index (κ2) is 37.4. The third-order valence-corrected chi connectivity index (χ3v) is 10.6. The Bertz CT molecular complexity index is 921. The van der Waals surface area contributed by atoms with Gasteiger partial charge in [0.05, 0.1) is 13.2 Å². The van der Waals surface area contributed by atoms with Crippen LogP contribution in [-0.4, -0.2) is 64.9 Å². The smallest absolute Gasteiger partial charge is 0.472 e. The van der Waals surface area contributed by atoms with Gasteiger partial charge in [0, 0.05) is 12.8 Å². The highest BCUT2D eigenvalue weighted by molar-refractivity contribution is 7.47. The van der Waals surface area contributed by atoms with Gasteiger partial charge < -0.3 is 25.2 Å². The third kappa shape index (κ3) is 37.2. The van der Waals surface area contributed by atoms with Crippen LogP contribution in [0.25, 0.3) is 0 Å². The van der Waals surface area contributed by atoms with Crippen molar-refractivity contribution in [1.29, 1.82) is 0 Å². The molecule has 0 aliphatic rings. The van der Waals surface area contributed by atoms with Crippen LogP contribution < -0.4 is 5.32 Å². The van der Waals surface area contributed by atoms with Crippen LogP contribution in [-0.2, 0) is 32.7 Å². The van der Waals surface area contributed by atoms with E-state index < -0.39 is 57.6 Å². The lowest BCUT2D eigenvalue weighted by Crippen LogP contribution is -2.43. The zero-order valence-electron chi connectivity index (χ0n) is 33.8. The first-order valence-corrected chi connectivity index (χ1v) is 23.1. The average molecular weight is 778 g/mol. The van der Waals surface area contributed by atoms with Crippen molar-refractivity contribution in [2.45, 2.75) is 225 Å². The number of aliphatic hydroxyl groups excluding tert-OH is 1. The molecule has 0 bridgehead atoms. The normalized spacial score (nSPS) is 13.7. The molecular formula is C41H80NO10P. The van der Waals surface area contributed by atoms with Crippen molar-refractivity contribution >= 4 is 25.7 Å². The molecule has 0 aromatic rings. The number of esters is 1. The van der Waals surface area contributed by atoms with Gasteiger partial charge in [-0.25, -0.2) is 9.36 Å². The number of carboxylic acid groups (broad SMARTS) is 1. The summed E-state index contributed by atoms with van der Waals surface area (Å²) in [5, 5.41) is 21.8. The van der Waals surface area contributed by atoms with Gasteiger partial charge in [0.2, 0.25) is 5.91 Å². The Morgan fingerprint density at radius 3 is 1.25 bits per heavy atom. The lowest BCUT2D eigenvalue weighted by atomic mass is 10.0. The van der Waals surface area contributed by atoms with Crippen molar-refractivity contribution < 1.29 is 47.8 Å². The maximum absolute atomic E-state index is 12.3. The number of nitrogens with one attached hydrogen (secondary N) is 1. The molecule has 0 saturated heterocycles. The first kappa shape index (κ1) is 51.5. The summed E-state index contributed by atoms with van der Waals surface area (Å²) in [6.07, 6.45) is 34.1. The van der Waals surface area contributed by atoms with E-state index in [9.17, 15) is 34.1 Å². The van der Waals surface area contributed by atoms with E-state index in [-0.39, 0.29) is 12.8 Å². The number of aliphatic hydroxyl groups is 1. The molecule has 0 saturated carbocycles. The molecule has 0 rings (SSSR count). The predicted molar refractivity (Wildman–Crippen MR) is 213 cm³/mol. The minimum Gasteiger partial charge on any atom is -0.480 e. The molecule has 3 atom stereocenters. The van der Waals surface area contributed by atoms with E-state index >= 15 is 0 Å². The zero-order chi connectivity index (χ0) is 39.3. The van der Waals surface area contributed by atoms with Gasteiger partial charge in [-0.1, -0.05) is 187 Å². The molecule has 0 aliphatic heterocycles. The second-order valence-electron chi connectivity index (χ2n) is 14.9. The second-order valence-corrected chi connectivity index (χ2v) is 16.4. The Morgan fingerprint density at radius 1 is 0.528 bits per heavy atom. The van der Waals surface area contributed by atoms with Gasteiger partial charge in [0.25, 0.3) is 0 Å². The number of phosphoric ester groups is 1. The van der Waals surface area contributed by atoms with Crippen LogP contribution in [0.1, 0.15) is 213 Å². The first-order valence-electron chi connectivity index (χ1n) is 21.6. The number of unbranched alkanes of at least 4 members (excludes halogenated alkanes) is 27. The Kier molecular flexibility index (Phi) is 36.3. The number of rotatable bonds is 41. The van der Waals surface area contributed by atoms with Crippen molar-refractivity contribution in [3.63, 3.8) is 0 Å². The van der Waals surface area contributed by atoms with Crippen LogP contribution in [0, 0.1) is 0 Å². The van der Waals surface area contributed by atoms with E-state index in [1.54, 1.807) is 0 Å². The molecule has 11 nitrogen and oxygen atoms in total. The van der Waals surface area contributed by atoms with Gasteiger partial charge >= 0.3 is 19.8 Å². The molecule has 0 spiro atoms. The van der Waals surface area contributed by atoms with E-state index in [0.29, 0.717) is 12.8 Å². The maximum Gasteiger partial charge on any atom is 0.472 e. The molecule has 0 radical (unpaired) electrons. The number of hydrogen-bond donors (Lipinski definition) is 4. The van der Waals surface area contributed by atoms with E-state index in [1.807, 2.05) is 0 Å².